The Morgan fingerprint density at radius 3 is 2.53 bits per heavy atom. The summed E-state index contributed by atoms with van der Waals surface area (Å²) in [4.78, 5) is 10.6. The van der Waals surface area contributed by atoms with Crippen LogP contribution in [0.4, 0.5) is 0 Å². The van der Waals surface area contributed by atoms with E-state index in [0.29, 0.717) is 6.42 Å². The Balaban J connectivity index is 4.32. The van der Waals surface area contributed by atoms with E-state index >= 15 is 0 Å². The second-order valence-corrected chi connectivity index (χ2v) is 5.01. The average molecular weight is 239 g/mol. The van der Waals surface area contributed by atoms with Gasteiger partial charge in [0.25, 0.3) is 0 Å². The Morgan fingerprint density at radius 2 is 2.13 bits per heavy atom. The van der Waals surface area contributed by atoms with Gasteiger partial charge in [0.1, 0.15) is 6.04 Å². The molecule has 0 bridgehead atoms. The Morgan fingerprint density at radius 1 is 1.53 bits per heavy atom. The summed E-state index contributed by atoms with van der Waals surface area (Å²) in [6.45, 7) is 1.68. The molecule has 1 unspecified atom stereocenters. The van der Waals surface area contributed by atoms with Crippen molar-refractivity contribution in [2.24, 2.45) is 0 Å². The molecule has 0 aliphatic heterocycles. The van der Waals surface area contributed by atoms with Crippen LogP contribution in [0.15, 0.2) is 0 Å². The molecular formula is C8H17NO5S. The third-order valence-electron chi connectivity index (χ3n) is 1.72. The molecule has 7 heteroatoms. The topological polar surface area (TPSA) is 92.7 Å². The SMILES string of the molecule is CCCCS(=O)(=O)NC(COC)C(=O)O. The Kier molecular flexibility index (Phi) is 6.46. The lowest BCUT2D eigenvalue weighted by molar-refractivity contribution is -0.140. The van der Waals surface area contributed by atoms with Crippen molar-refractivity contribution in [3.8, 4) is 0 Å². The molecule has 90 valence electrons. The summed E-state index contributed by atoms with van der Waals surface area (Å²) >= 11 is 0. The minimum Gasteiger partial charge on any atom is -0.480 e. The highest BCUT2D eigenvalue weighted by atomic mass is 32.2. The van der Waals surface area contributed by atoms with Crippen molar-refractivity contribution < 1.29 is 23.1 Å². The van der Waals surface area contributed by atoms with Crippen molar-refractivity contribution in [2.45, 2.75) is 25.8 Å². The number of carboxylic acids is 1. The maximum Gasteiger partial charge on any atom is 0.324 e. The van der Waals surface area contributed by atoms with Crippen LogP contribution in [0.2, 0.25) is 0 Å². The summed E-state index contributed by atoms with van der Waals surface area (Å²) in [6, 6.07) is -1.21. The first-order valence-corrected chi connectivity index (χ1v) is 6.30. The molecule has 0 aliphatic carbocycles. The number of carboxylic acid groups (broad SMARTS) is 1. The fraction of sp³-hybridized carbons (Fsp3) is 0.875. The lowest BCUT2D eigenvalue weighted by Gasteiger charge is -2.13. The van der Waals surface area contributed by atoms with Crippen molar-refractivity contribution in [1.82, 2.24) is 4.72 Å². The van der Waals surface area contributed by atoms with Gasteiger partial charge >= 0.3 is 5.97 Å². The molecule has 0 spiro atoms. The number of unbranched alkanes of at least 4 members (excludes halogenated alkanes) is 1. The quantitative estimate of drug-likeness (QED) is 0.612. The van der Waals surface area contributed by atoms with Crippen LogP contribution in [0.3, 0.4) is 0 Å². The van der Waals surface area contributed by atoms with E-state index in [0.717, 1.165) is 6.42 Å². The molecule has 0 aromatic heterocycles. The molecule has 15 heavy (non-hydrogen) atoms. The van der Waals surface area contributed by atoms with Gasteiger partial charge in [0.2, 0.25) is 10.0 Å². The van der Waals surface area contributed by atoms with E-state index in [1.165, 1.54) is 7.11 Å². The summed E-state index contributed by atoms with van der Waals surface area (Å²) in [5.41, 5.74) is 0. The highest BCUT2D eigenvalue weighted by Crippen LogP contribution is 1.96. The van der Waals surface area contributed by atoms with Gasteiger partial charge in [-0.05, 0) is 6.42 Å². The summed E-state index contributed by atoms with van der Waals surface area (Å²) in [5.74, 6) is -1.30. The van der Waals surface area contributed by atoms with E-state index in [2.05, 4.69) is 9.46 Å². The third-order valence-corrected chi connectivity index (χ3v) is 3.19. The van der Waals surface area contributed by atoms with E-state index in [-0.39, 0.29) is 12.4 Å². The molecule has 0 aliphatic rings. The lowest BCUT2D eigenvalue weighted by atomic mass is 10.3. The smallest absolute Gasteiger partial charge is 0.324 e. The molecule has 1 atom stereocenters. The van der Waals surface area contributed by atoms with Crippen LogP contribution in [0.1, 0.15) is 19.8 Å². The van der Waals surface area contributed by atoms with E-state index in [1.807, 2.05) is 6.92 Å². The summed E-state index contributed by atoms with van der Waals surface area (Å²) in [6.07, 6.45) is 1.25. The van der Waals surface area contributed by atoms with Gasteiger partial charge in [-0.15, -0.1) is 0 Å². The molecule has 2 N–H and O–H groups in total. The Hall–Kier alpha value is -0.660. The van der Waals surface area contributed by atoms with Crippen molar-refractivity contribution in [1.29, 1.82) is 0 Å². The van der Waals surface area contributed by atoms with Crippen LogP contribution in [-0.2, 0) is 19.6 Å². The molecular weight excluding hydrogens is 222 g/mol. The number of rotatable bonds is 8. The molecule has 0 aromatic rings. The third kappa shape index (κ3) is 6.43. The summed E-state index contributed by atoms with van der Waals surface area (Å²) in [7, 11) is -2.21. The minimum atomic E-state index is -3.52. The van der Waals surface area contributed by atoms with E-state index in [1.54, 1.807) is 0 Å². The monoisotopic (exact) mass is 239 g/mol. The standard InChI is InChI=1S/C8H17NO5S/c1-3-4-5-15(12,13)9-7(6-14-2)8(10)11/h7,9H,3-6H2,1-2H3,(H,10,11). The first-order chi connectivity index (χ1) is 6.93. The number of nitrogens with one attached hydrogen (secondary N) is 1. The van der Waals surface area contributed by atoms with E-state index in [4.69, 9.17) is 5.11 Å². The molecule has 0 amide bonds. The number of aliphatic carboxylic acids is 1. The molecule has 0 fully saturated rings. The maximum atomic E-state index is 11.3. The summed E-state index contributed by atoms with van der Waals surface area (Å²) < 4.78 is 29.4. The van der Waals surface area contributed by atoms with Crippen LogP contribution in [0, 0.1) is 0 Å². The van der Waals surface area contributed by atoms with Gasteiger partial charge in [0.15, 0.2) is 0 Å². The van der Waals surface area contributed by atoms with Crippen molar-refractivity contribution in [3.63, 3.8) is 0 Å². The molecule has 0 rings (SSSR count). The Labute approximate surface area is 89.7 Å². The van der Waals surface area contributed by atoms with Crippen LogP contribution >= 0.6 is 0 Å². The second-order valence-electron chi connectivity index (χ2n) is 3.14. The maximum absolute atomic E-state index is 11.3. The zero-order valence-electron chi connectivity index (χ0n) is 8.89. The highest BCUT2D eigenvalue weighted by molar-refractivity contribution is 7.89. The van der Waals surface area contributed by atoms with Gasteiger partial charge in [-0.25, -0.2) is 8.42 Å². The molecule has 0 radical (unpaired) electrons. The van der Waals surface area contributed by atoms with Crippen LogP contribution in [-0.4, -0.2) is 45.0 Å². The number of ether oxygens (including phenoxy) is 1. The van der Waals surface area contributed by atoms with Gasteiger partial charge < -0.3 is 9.84 Å². The largest absolute Gasteiger partial charge is 0.480 e. The van der Waals surface area contributed by atoms with Crippen molar-refractivity contribution in [2.75, 3.05) is 19.5 Å². The molecule has 0 aromatic carbocycles. The number of hydrogen-bond donors (Lipinski definition) is 2. The number of methoxy groups -OCH3 is 1. The Bertz CT molecular complexity index is 287. The van der Waals surface area contributed by atoms with Crippen LogP contribution in [0.5, 0.6) is 0 Å². The fourth-order valence-corrected chi connectivity index (χ4v) is 2.32. The van der Waals surface area contributed by atoms with Crippen molar-refractivity contribution >= 4 is 16.0 Å². The van der Waals surface area contributed by atoms with Gasteiger partial charge in [-0.1, -0.05) is 13.3 Å². The first-order valence-electron chi connectivity index (χ1n) is 4.64. The molecule has 6 nitrogen and oxygen atoms in total. The zero-order chi connectivity index (χ0) is 11.9. The van der Waals surface area contributed by atoms with Crippen LogP contribution < -0.4 is 4.72 Å². The normalized spacial score (nSPS) is 13.7. The van der Waals surface area contributed by atoms with Gasteiger partial charge in [0, 0.05) is 7.11 Å². The second kappa shape index (κ2) is 6.76. The molecule has 0 heterocycles. The lowest BCUT2D eigenvalue weighted by Crippen LogP contribution is -2.44. The predicted octanol–water partition coefficient (Wildman–Crippen LogP) is -0.194. The number of hydrogen-bond acceptors (Lipinski definition) is 4. The molecule has 0 saturated heterocycles. The van der Waals surface area contributed by atoms with Crippen LogP contribution in [0.25, 0.3) is 0 Å². The fourth-order valence-electron chi connectivity index (χ4n) is 0.932. The number of carbonyl (C=O) groups is 1. The summed E-state index contributed by atoms with van der Waals surface area (Å²) in [5, 5.41) is 8.69. The van der Waals surface area contributed by atoms with Gasteiger partial charge in [-0.2, -0.15) is 4.72 Å². The van der Waals surface area contributed by atoms with E-state index in [9.17, 15) is 13.2 Å². The predicted molar refractivity (Wildman–Crippen MR) is 55.1 cm³/mol. The van der Waals surface area contributed by atoms with Crippen molar-refractivity contribution in [3.05, 3.63) is 0 Å². The average Bonchev–Trinajstić information content (AvgIpc) is 2.14. The zero-order valence-corrected chi connectivity index (χ0v) is 9.71. The minimum absolute atomic E-state index is 0.0585. The van der Waals surface area contributed by atoms with E-state index < -0.39 is 22.0 Å². The highest BCUT2D eigenvalue weighted by Gasteiger charge is 2.23. The molecule has 0 saturated carbocycles. The van der Waals surface area contributed by atoms with Gasteiger partial charge in [0.05, 0.1) is 12.4 Å². The van der Waals surface area contributed by atoms with Gasteiger partial charge in [-0.3, -0.25) is 4.79 Å². The first kappa shape index (κ1) is 14.3. The number of sulfonamides is 1.